The van der Waals surface area contributed by atoms with Gasteiger partial charge in [0.1, 0.15) is 23.2 Å². The Morgan fingerprint density at radius 1 is 0.762 bits per heavy atom. The van der Waals surface area contributed by atoms with E-state index >= 15 is 0 Å². The maximum Gasteiger partial charge on any atom is 0.327 e. The van der Waals surface area contributed by atoms with Crippen LogP contribution >= 0.6 is 11.8 Å². The van der Waals surface area contributed by atoms with Crippen molar-refractivity contribution in [2.45, 2.75) is 83.1 Å². The lowest BCUT2D eigenvalue weighted by Gasteiger charge is -2.43. The number of amides is 4. The van der Waals surface area contributed by atoms with Gasteiger partial charge in [0.05, 0.1) is 11.1 Å². The van der Waals surface area contributed by atoms with Gasteiger partial charge in [-0.05, 0) is 68.7 Å². The molecule has 334 valence electrons. The molecule has 2 heterocycles. The first-order valence-electron chi connectivity index (χ1n) is 19.6. The van der Waals surface area contributed by atoms with Crippen molar-refractivity contribution in [3.05, 3.63) is 77.4 Å². The van der Waals surface area contributed by atoms with Crippen molar-refractivity contribution in [3.8, 4) is 28.7 Å². The molecule has 0 spiro atoms. The van der Waals surface area contributed by atoms with Gasteiger partial charge in [-0.1, -0.05) is 24.3 Å². The van der Waals surface area contributed by atoms with Crippen LogP contribution in [0.2, 0.25) is 0 Å². The first kappa shape index (κ1) is 47.1. The van der Waals surface area contributed by atoms with Gasteiger partial charge >= 0.3 is 29.8 Å². The predicted octanol–water partition coefficient (Wildman–Crippen LogP) is 3.25. The first-order valence-corrected chi connectivity index (χ1v) is 20.5. The third-order valence-electron chi connectivity index (χ3n) is 9.52. The quantitative estimate of drug-likeness (QED) is 0.0718. The molecular weight excluding hydrogens is 845 g/mol. The lowest BCUT2D eigenvalue weighted by Crippen LogP contribution is -2.70. The van der Waals surface area contributed by atoms with Gasteiger partial charge in [-0.25, -0.2) is 4.79 Å². The molecule has 3 N–H and O–H groups in total. The maximum absolute atomic E-state index is 14.2. The van der Waals surface area contributed by atoms with E-state index in [1.165, 1.54) is 58.0 Å². The maximum atomic E-state index is 14.2. The van der Waals surface area contributed by atoms with Gasteiger partial charge in [-0.3, -0.25) is 38.4 Å². The van der Waals surface area contributed by atoms with Crippen LogP contribution in [0, 0.1) is 0 Å². The standard InChI is InChI=1S/C43H46N4O15S/c1-23(48)59-31-13-9-11-29(35(31)61-25(3)50)38(53)44-19-7-8-20-46(39(54)30-12-10-14-32(60-24(2)49)36(30)62-26(4)51)21-27-15-17-28(18-16-27)58-22-33(52)45-34-40(55)47-37(42(56)57)43(5,6)63-41(34)47/h9-18,34,37,41H,7-8,19-22H2,1-6H3,(H,44,53)(H,45,52)(H,56,57)/t34-,37+,41-/m1/s1. The molecule has 0 aromatic heterocycles. The van der Waals surface area contributed by atoms with Crippen LogP contribution in [0.3, 0.4) is 0 Å². The number of ether oxygens (including phenoxy) is 5. The zero-order chi connectivity index (χ0) is 46.2. The summed E-state index contributed by atoms with van der Waals surface area (Å²) < 4.78 is 25.8. The van der Waals surface area contributed by atoms with Crippen LogP contribution in [0.25, 0.3) is 0 Å². The third-order valence-corrected chi connectivity index (χ3v) is 11.1. The van der Waals surface area contributed by atoms with Gasteiger partial charge in [0, 0.05) is 52.1 Å². The zero-order valence-corrected chi connectivity index (χ0v) is 36.0. The number of nitrogens with zero attached hydrogens (tertiary/aromatic N) is 2. The number of β-lactam (4-membered cyclic amide) rings is 1. The highest BCUT2D eigenvalue weighted by molar-refractivity contribution is 8.01. The number of carboxylic acid groups (broad SMARTS) is 1. The molecule has 63 heavy (non-hydrogen) atoms. The van der Waals surface area contributed by atoms with Crippen molar-refractivity contribution in [1.29, 1.82) is 0 Å². The largest absolute Gasteiger partial charge is 0.484 e. The number of thioether (sulfide) groups is 1. The average molecular weight is 891 g/mol. The Morgan fingerprint density at radius 2 is 1.32 bits per heavy atom. The van der Waals surface area contributed by atoms with E-state index in [4.69, 9.17) is 23.7 Å². The Labute approximate surface area is 365 Å². The molecule has 3 aromatic rings. The van der Waals surface area contributed by atoms with E-state index in [9.17, 15) is 48.3 Å². The van der Waals surface area contributed by atoms with Crippen molar-refractivity contribution in [3.63, 3.8) is 0 Å². The summed E-state index contributed by atoms with van der Waals surface area (Å²) in [6.07, 6.45) is 0.692. The van der Waals surface area contributed by atoms with Gasteiger partial charge in [-0.15, -0.1) is 11.8 Å². The number of fused-ring (bicyclic) bond motifs is 1. The second-order valence-corrected chi connectivity index (χ2v) is 16.7. The van der Waals surface area contributed by atoms with Crippen molar-refractivity contribution < 1.29 is 71.9 Å². The second-order valence-electron chi connectivity index (χ2n) is 14.9. The van der Waals surface area contributed by atoms with Crippen molar-refractivity contribution >= 4 is 65.2 Å². The Kier molecular flexibility index (Phi) is 15.2. The first-order chi connectivity index (χ1) is 29.8. The van der Waals surface area contributed by atoms with Gasteiger partial charge < -0.3 is 49.2 Å². The van der Waals surface area contributed by atoms with Gasteiger partial charge in [0.25, 0.3) is 17.7 Å². The topological polar surface area (TPSA) is 251 Å². The highest BCUT2D eigenvalue weighted by atomic mass is 32.2. The Hall–Kier alpha value is -6.96. The number of hydrogen-bond donors (Lipinski definition) is 3. The van der Waals surface area contributed by atoms with Crippen LogP contribution in [0.15, 0.2) is 60.7 Å². The molecule has 0 unspecified atom stereocenters. The number of esters is 4. The lowest BCUT2D eigenvalue weighted by atomic mass is 9.96. The molecule has 4 amide bonds. The van der Waals surface area contributed by atoms with Gasteiger partial charge in [-0.2, -0.15) is 0 Å². The molecular formula is C43H46N4O15S. The Morgan fingerprint density at radius 3 is 1.87 bits per heavy atom. The lowest BCUT2D eigenvalue weighted by molar-refractivity contribution is -0.161. The van der Waals surface area contributed by atoms with E-state index in [2.05, 4.69) is 10.6 Å². The molecule has 3 aromatic carbocycles. The normalized spacial score (nSPS) is 17.0. The number of para-hydroxylation sites is 2. The summed E-state index contributed by atoms with van der Waals surface area (Å²) in [6.45, 7) is 7.86. The Bertz CT molecular complexity index is 2310. The monoisotopic (exact) mass is 890 g/mol. The third kappa shape index (κ3) is 11.7. The average Bonchev–Trinajstić information content (AvgIpc) is 3.46. The number of rotatable bonds is 18. The Balaban J connectivity index is 1.25. The summed E-state index contributed by atoms with van der Waals surface area (Å²) in [6, 6.07) is 13.1. The molecule has 3 atom stereocenters. The van der Waals surface area contributed by atoms with Gasteiger partial charge in [0.2, 0.25) is 5.91 Å². The molecule has 0 aliphatic carbocycles. The van der Waals surface area contributed by atoms with E-state index in [1.807, 2.05) is 0 Å². The molecule has 0 bridgehead atoms. The minimum Gasteiger partial charge on any atom is -0.484 e. The molecule has 0 radical (unpaired) electrons. The molecule has 20 heteroatoms. The van der Waals surface area contributed by atoms with Crippen molar-refractivity contribution in [1.82, 2.24) is 20.4 Å². The number of nitrogens with one attached hydrogen (secondary N) is 2. The van der Waals surface area contributed by atoms with Crippen molar-refractivity contribution in [2.75, 3.05) is 19.7 Å². The van der Waals surface area contributed by atoms with Crippen LogP contribution in [0.1, 0.15) is 80.7 Å². The van der Waals surface area contributed by atoms with Crippen LogP contribution in [-0.4, -0.2) is 110 Å². The van der Waals surface area contributed by atoms with Crippen LogP contribution in [-0.2, 0) is 40.1 Å². The zero-order valence-electron chi connectivity index (χ0n) is 35.2. The predicted molar refractivity (Wildman–Crippen MR) is 222 cm³/mol. The molecule has 19 nitrogen and oxygen atoms in total. The van der Waals surface area contributed by atoms with E-state index in [1.54, 1.807) is 38.1 Å². The fourth-order valence-corrected chi connectivity index (χ4v) is 8.54. The minimum absolute atomic E-state index is 0.0188. The number of unbranched alkanes of at least 4 members (excludes halogenated alkanes) is 1. The second kappa shape index (κ2) is 20.3. The molecule has 0 saturated carbocycles. The summed E-state index contributed by atoms with van der Waals surface area (Å²) in [5.41, 5.74) is 0.505. The van der Waals surface area contributed by atoms with Crippen LogP contribution in [0.5, 0.6) is 28.7 Å². The number of carbonyl (C=O) groups excluding carboxylic acids is 8. The summed E-state index contributed by atoms with van der Waals surface area (Å²) in [5.74, 6) is -6.71. The minimum atomic E-state index is -1.12. The molecule has 2 fully saturated rings. The number of aliphatic carboxylic acids is 1. The summed E-state index contributed by atoms with van der Waals surface area (Å²) in [4.78, 5) is 115. The van der Waals surface area contributed by atoms with E-state index in [0.717, 1.165) is 27.7 Å². The SMILES string of the molecule is CC(=O)Oc1cccc(C(=O)NCCCCN(Cc2ccc(OCC(=O)N[C@@H]3C(=O)N4[C@@H]3SC(C)(C)[C@@H]4C(=O)O)cc2)C(=O)c2cccc(OC(C)=O)c2OC(C)=O)c1OC(C)=O. The summed E-state index contributed by atoms with van der Waals surface area (Å²) in [5, 5.41) is 14.5. The van der Waals surface area contributed by atoms with Crippen molar-refractivity contribution in [2.24, 2.45) is 0 Å². The highest BCUT2D eigenvalue weighted by Crippen LogP contribution is 2.50. The highest BCUT2D eigenvalue weighted by Gasteiger charge is 2.64. The number of hydrogen-bond acceptors (Lipinski definition) is 15. The number of carbonyl (C=O) groups is 9. The summed E-state index contributed by atoms with van der Waals surface area (Å²) >= 11 is 1.30. The fraction of sp³-hybridized carbons (Fsp3) is 0.372. The molecule has 2 aliphatic heterocycles. The fourth-order valence-electron chi connectivity index (χ4n) is 6.92. The van der Waals surface area contributed by atoms with E-state index in [0.29, 0.717) is 24.2 Å². The smallest absolute Gasteiger partial charge is 0.327 e. The molecule has 2 aliphatic rings. The molecule has 2 saturated heterocycles. The number of benzene rings is 3. The van der Waals surface area contributed by atoms with E-state index < -0.39 is 82.3 Å². The summed E-state index contributed by atoms with van der Waals surface area (Å²) in [7, 11) is 0. The van der Waals surface area contributed by atoms with Gasteiger partial charge in [0.15, 0.2) is 29.6 Å². The van der Waals surface area contributed by atoms with E-state index in [-0.39, 0.29) is 53.8 Å². The van der Waals surface area contributed by atoms with Crippen LogP contribution < -0.4 is 34.3 Å². The molecule has 5 rings (SSSR count). The number of carboxylic acids is 1. The van der Waals surface area contributed by atoms with Crippen LogP contribution in [0.4, 0.5) is 0 Å².